The van der Waals surface area contributed by atoms with E-state index in [4.69, 9.17) is 4.74 Å². The molecule has 3 heterocycles. The molecule has 3 rings (SSSR count). The number of pyridine rings is 1. The molecule has 8 heteroatoms. The van der Waals surface area contributed by atoms with Gasteiger partial charge in [-0.15, -0.1) is 0 Å². The summed E-state index contributed by atoms with van der Waals surface area (Å²) >= 11 is 3.48. The summed E-state index contributed by atoms with van der Waals surface area (Å²) in [6, 6.07) is 0. The molecule has 0 atom stereocenters. The third-order valence-corrected chi connectivity index (χ3v) is 4.34. The third kappa shape index (κ3) is 2.65. The molecule has 0 radical (unpaired) electrons. The topological polar surface area (TPSA) is 101 Å². The van der Waals surface area contributed by atoms with Gasteiger partial charge in [-0.2, -0.15) is 0 Å². The van der Waals surface area contributed by atoms with Gasteiger partial charge in [-0.3, -0.25) is 4.98 Å². The predicted molar refractivity (Wildman–Crippen MR) is 86.9 cm³/mol. The van der Waals surface area contributed by atoms with Crippen LogP contribution in [0.4, 0.5) is 0 Å². The number of nitrogens with one attached hydrogen (secondary N) is 1. The second-order valence-corrected chi connectivity index (χ2v) is 5.80. The molecule has 0 bridgehead atoms. The lowest BCUT2D eigenvalue weighted by Crippen LogP contribution is -2.02. The maximum absolute atomic E-state index is 11.3. The molecule has 23 heavy (non-hydrogen) atoms. The average molecular weight is 377 g/mol. The summed E-state index contributed by atoms with van der Waals surface area (Å²) < 4.78 is 5.99. The minimum absolute atomic E-state index is 0.144. The highest BCUT2D eigenvalue weighted by Gasteiger charge is 2.18. The molecule has 0 aromatic carbocycles. The molecule has 0 fully saturated rings. The molecule has 0 aliphatic rings. The molecule has 2 N–H and O–H groups in total. The van der Waals surface area contributed by atoms with Crippen LogP contribution < -0.4 is 4.74 Å². The monoisotopic (exact) mass is 376 g/mol. The van der Waals surface area contributed by atoms with Gasteiger partial charge in [-0.25, -0.2) is 14.8 Å². The maximum Gasteiger partial charge on any atom is 0.339 e. The van der Waals surface area contributed by atoms with Crippen molar-refractivity contribution < 1.29 is 14.6 Å². The number of aromatic carboxylic acids is 1. The van der Waals surface area contributed by atoms with E-state index in [0.29, 0.717) is 23.3 Å². The van der Waals surface area contributed by atoms with Crippen LogP contribution in [0.1, 0.15) is 27.2 Å². The van der Waals surface area contributed by atoms with Crippen LogP contribution in [-0.2, 0) is 6.42 Å². The van der Waals surface area contributed by atoms with Gasteiger partial charge in [0.25, 0.3) is 0 Å². The number of fused-ring (bicyclic) bond motifs is 1. The molecule has 0 saturated heterocycles. The van der Waals surface area contributed by atoms with Crippen LogP contribution in [0.15, 0.2) is 23.2 Å². The second-order valence-electron chi connectivity index (χ2n) is 4.95. The summed E-state index contributed by atoms with van der Waals surface area (Å²) in [4.78, 5) is 26.8. The number of nitrogens with zero attached hydrogens (tertiary/aromatic N) is 3. The van der Waals surface area contributed by atoms with Crippen molar-refractivity contribution in [3.05, 3.63) is 45.6 Å². The Morgan fingerprint density at radius 2 is 2.17 bits per heavy atom. The van der Waals surface area contributed by atoms with E-state index in [2.05, 4.69) is 35.9 Å². The summed E-state index contributed by atoms with van der Waals surface area (Å²) in [7, 11) is 1.56. The fourth-order valence-electron chi connectivity index (χ4n) is 2.45. The zero-order valence-corrected chi connectivity index (χ0v) is 14.0. The smallest absolute Gasteiger partial charge is 0.339 e. The van der Waals surface area contributed by atoms with E-state index < -0.39 is 5.97 Å². The fraction of sp³-hybridized carbons (Fsp3) is 0.200. The van der Waals surface area contributed by atoms with Crippen molar-refractivity contribution in [1.82, 2.24) is 19.9 Å². The van der Waals surface area contributed by atoms with Gasteiger partial charge in [-0.1, -0.05) is 0 Å². The minimum atomic E-state index is -1.02. The van der Waals surface area contributed by atoms with E-state index in [1.165, 1.54) is 12.5 Å². The lowest BCUT2D eigenvalue weighted by molar-refractivity contribution is 0.0699. The summed E-state index contributed by atoms with van der Waals surface area (Å²) in [5, 5.41) is 9.23. The number of carboxylic acid groups (broad SMARTS) is 1. The number of carboxylic acids is 1. The largest absolute Gasteiger partial charge is 0.481 e. The van der Waals surface area contributed by atoms with Gasteiger partial charge < -0.3 is 14.8 Å². The molecular formula is C15H13BrN4O3. The van der Waals surface area contributed by atoms with Crippen molar-refractivity contribution in [2.75, 3.05) is 7.11 Å². The Labute approximate surface area is 139 Å². The first-order chi connectivity index (χ1) is 11.0. The van der Waals surface area contributed by atoms with Crippen molar-refractivity contribution in [3.8, 4) is 5.88 Å². The molecule has 0 amide bonds. The van der Waals surface area contributed by atoms with Gasteiger partial charge in [0.15, 0.2) is 0 Å². The predicted octanol–water partition coefficient (Wildman–Crippen LogP) is 2.72. The number of H-pyrrole nitrogens is 1. The molecule has 7 nitrogen and oxygen atoms in total. The summed E-state index contributed by atoms with van der Waals surface area (Å²) in [5.41, 5.74) is 3.77. The quantitative estimate of drug-likeness (QED) is 0.725. The SMILES string of the molecule is COc1ncnc(Cc2c(Br)cnc3c(C(=O)O)c[nH]c23)c1C. The van der Waals surface area contributed by atoms with E-state index in [0.717, 1.165) is 21.3 Å². The normalized spacial score (nSPS) is 10.9. The van der Waals surface area contributed by atoms with Crippen LogP contribution in [0.2, 0.25) is 0 Å². The zero-order chi connectivity index (χ0) is 16.6. The summed E-state index contributed by atoms with van der Waals surface area (Å²) in [6.45, 7) is 1.89. The molecule has 0 saturated carbocycles. The van der Waals surface area contributed by atoms with Crippen molar-refractivity contribution >= 4 is 32.9 Å². The first kappa shape index (κ1) is 15.4. The lowest BCUT2D eigenvalue weighted by atomic mass is 10.1. The van der Waals surface area contributed by atoms with E-state index in [9.17, 15) is 9.90 Å². The number of ether oxygens (including phenoxy) is 1. The van der Waals surface area contributed by atoms with E-state index in [1.54, 1.807) is 13.3 Å². The molecular weight excluding hydrogens is 364 g/mol. The number of methoxy groups -OCH3 is 1. The number of carbonyl (C=O) groups is 1. The maximum atomic E-state index is 11.3. The number of rotatable bonds is 4. The van der Waals surface area contributed by atoms with Crippen LogP contribution >= 0.6 is 15.9 Å². The summed E-state index contributed by atoms with van der Waals surface area (Å²) in [5.74, 6) is -0.494. The Balaban J connectivity index is 2.13. The van der Waals surface area contributed by atoms with Gasteiger partial charge >= 0.3 is 5.97 Å². The van der Waals surface area contributed by atoms with Crippen LogP contribution in [0.25, 0.3) is 11.0 Å². The third-order valence-electron chi connectivity index (χ3n) is 3.66. The standard InChI is InChI=1S/C15H13BrN4O3/c1-7-11(19-6-20-14(7)23-2)3-8-10(16)5-18-13-9(15(21)22)4-17-12(8)13/h4-6,17H,3H2,1-2H3,(H,21,22). The van der Waals surface area contributed by atoms with Gasteiger partial charge in [0.05, 0.1) is 18.3 Å². The molecule has 0 spiro atoms. The highest BCUT2D eigenvalue weighted by molar-refractivity contribution is 9.10. The van der Waals surface area contributed by atoms with Crippen LogP contribution in [0.3, 0.4) is 0 Å². The minimum Gasteiger partial charge on any atom is -0.481 e. The molecule has 3 aromatic rings. The van der Waals surface area contributed by atoms with Crippen molar-refractivity contribution in [1.29, 1.82) is 0 Å². The van der Waals surface area contributed by atoms with Crippen molar-refractivity contribution in [2.45, 2.75) is 13.3 Å². The Morgan fingerprint density at radius 3 is 2.87 bits per heavy atom. The highest BCUT2D eigenvalue weighted by Crippen LogP contribution is 2.29. The number of hydrogen-bond acceptors (Lipinski definition) is 5. The van der Waals surface area contributed by atoms with E-state index >= 15 is 0 Å². The Morgan fingerprint density at radius 1 is 1.39 bits per heavy atom. The molecule has 0 aliphatic heterocycles. The van der Waals surface area contributed by atoms with Gasteiger partial charge in [0.2, 0.25) is 5.88 Å². The average Bonchev–Trinajstić information content (AvgIpc) is 2.96. The molecule has 118 valence electrons. The number of aromatic nitrogens is 4. The van der Waals surface area contributed by atoms with Gasteiger partial charge in [0.1, 0.15) is 17.4 Å². The summed E-state index contributed by atoms with van der Waals surface area (Å²) in [6.07, 6.45) is 4.99. The molecule has 3 aromatic heterocycles. The fourth-order valence-corrected chi connectivity index (χ4v) is 2.89. The van der Waals surface area contributed by atoms with Crippen LogP contribution in [0.5, 0.6) is 5.88 Å². The molecule has 0 unspecified atom stereocenters. The van der Waals surface area contributed by atoms with E-state index in [1.807, 2.05) is 6.92 Å². The first-order valence-electron chi connectivity index (χ1n) is 6.75. The van der Waals surface area contributed by atoms with Crippen molar-refractivity contribution in [2.24, 2.45) is 0 Å². The Kier molecular flexibility index (Phi) is 3.99. The number of hydrogen-bond donors (Lipinski definition) is 2. The lowest BCUT2D eigenvalue weighted by Gasteiger charge is -2.10. The first-order valence-corrected chi connectivity index (χ1v) is 7.54. The van der Waals surface area contributed by atoms with Gasteiger partial charge in [-0.05, 0) is 28.4 Å². The molecule has 0 aliphatic carbocycles. The zero-order valence-electron chi connectivity index (χ0n) is 12.4. The van der Waals surface area contributed by atoms with Crippen LogP contribution in [0, 0.1) is 6.92 Å². The second kappa shape index (κ2) is 5.96. The van der Waals surface area contributed by atoms with E-state index in [-0.39, 0.29) is 5.56 Å². The highest BCUT2D eigenvalue weighted by atomic mass is 79.9. The Bertz CT molecular complexity index is 907. The van der Waals surface area contributed by atoms with Crippen molar-refractivity contribution in [3.63, 3.8) is 0 Å². The Hall–Kier alpha value is -2.48. The number of halogens is 1. The van der Waals surface area contributed by atoms with Gasteiger partial charge in [0, 0.05) is 28.9 Å². The number of aromatic amines is 1. The van der Waals surface area contributed by atoms with Crippen LogP contribution in [-0.4, -0.2) is 38.1 Å².